The Bertz CT molecular complexity index is 923. The topological polar surface area (TPSA) is 84.2 Å². The van der Waals surface area contributed by atoms with Gasteiger partial charge >= 0.3 is 6.03 Å². The Morgan fingerprint density at radius 1 is 1.38 bits per heavy atom. The molecule has 0 saturated carbocycles. The monoisotopic (exact) mass is 389 g/mol. The molecule has 0 bridgehead atoms. The maximum atomic E-state index is 12.5. The Labute approximate surface area is 159 Å². The average molecular weight is 390 g/mol. The second-order valence-corrected chi connectivity index (χ2v) is 7.79. The van der Waals surface area contributed by atoms with Crippen molar-refractivity contribution in [1.82, 2.24) is 20.0 Å². The molecule has 9 heteroatoms. The van der Waals surface area contributed by atoms with Crippen LogP contribution in [0.4, 0.5) is 10.5 Å². The van der Waals surface area contributed by atoms with Gasteiger partial charge in [-0.1, -0.05) is 16.8 Å². The normalized spacial score (nSPS) is 16.8. The second-order valence-electron chi connectivity index (χ2n) is 6.08. The zero-order valence-electron chi connectivity index (χ0n) is 14.0. The van der Waals surface area contributed by atoms with Gasteiger partial charge in [-0.3, -0.25) is 4.98 Å². The van der Waals surface area contributed by atoms with Crippen LogP contribution in [0.5, 0.6) is 0 Å². The molecule has 26 heavy (non-hydrogen) atoms. The fraction of sp³-hybridized carbons (Fsp3) is 0.294. The number of rotatable bonds is 3. The first kappa shape index (κ1) is 17.0. The largest absolute Gasteiger partial charge is 0.339 e. The van der Waals surface area contributed by atoms with Crippen LogP contribution in [0.3, 0.4) is 0 Å². The molecule has 1 atom stereocenters. The van der Waals surface area contributed by atoms with E-state index in [4.69, 9.17) is 16.1 Å². The number of carbonyl (C=O) groups is 1. The molecular formula is C17H16ClN5O2S. The maximum absolute atomic E-state index is 12.5. The molecule has 4 rings (SSSR count). The van der Waals surface area contributed by atoms with Gasteiger partial charge in [0.1, 0.15) is 0 Å². The molecule has 0 aromatic carbocycles. The molecule has 1 saturated heterocycles. The van der Waals surface area contributed by atoms with Gasteiger partial charge in [-0.05, 0) is 37.6 Å². The van der Waals surface area contributed by atoms with Crippen LogP contribution in [-0.2, 0) is 0 Å². The van der Waals surface area contributed by atoms with Gasteiger partial charge in [0, 0.05) is 13.1 Å². The van der Waals surface area contributed by atoms with Crippen LogP contribution in [0.15, 0.2) is 35.0 Å². The van der Waals surface area contributed by atoms with Crippen LogP contribution >= 0.6 is 22.9 Å². The molecule has 0 aliphatic carbocycles. The van der Waals surface area contributed by atoms with Crippen molar-refractivity contribution in [2.75, 3.05) is 18.4 Å². The maximum Gasteiger partial charge on any atom is 0.321 e. The van der Waals surface area contributed by atoms with E-state index in [1.165, 1.54) is 11.3 Å². The molecule has 2 amide bonds. The average Bonchev–Trinajstić information content (AvgIpc) is 3.36. The molecular weight excluding hydrogens is 374 g/mol. The summed E-state index contributed by atoms with van der Waals surface area (Å²) >= 11 is 7.42. The molecule has 134 valence electrons. The summed E-state index contributed by atoms with van der Waals surface area (Å²) in [6.07, 6.45) is 2.46. The zero-order valence-corrected chi connectivity index (χ0v) is 15.5. The number of nitrogens with one attached hydrogen (secondary N) is 1. The highest BCUT2D eigenvalue weighted by molar-refractivity contribution is 7.19. The fourth-order valence-electron chi connectivity index (χ4n) is 2.89. The molecule has 1 aliphatic rings. The van der Waals surface area contributed by atoms with Crippen molar-refractivity contribution in [2.45, 2.75) is 19.3 Å². The second kappa shape index (κ2) is 7.05. The Kier molecular flexibility index (Phi) is 4.60. The molecule has 7 nitrogen and oxygen atoms in total. The van der Waals surface area contributed by atoms with E-state index < -0.39 is 0 Å². The van der Waals surface area contributed by atoms with Crippen LogP contribution in [-0.4, -0.2) is 39.1 Å². The van der Waals surface area contributed by atoms with Gasteiger partial charge < -0.3 is 14.7 Å². The highest BCUT2D eigenvalue weighted by Crippen LogP contribution is 2.30. The third-order valence-electron chi connectivity index (χ3n) is 4.21. The molecule has 0 radical (unpaired) electrons. The number of pyridine rings is 1. The lowest BCUT2D eigenvalue weighted by molar-refractivity contribution is 0.221. The Morgan fingerprint density at radius 3 is 2.92 bits per heavy atom. The molecule has 1 unspecified atom stereocenters. The van der Waals surface area contributed by atoms with E-state index in [-0.39, 0.29) is 11.9 Å². The lowest BCUT2D eigenvalue weighted by Gasteiger charge is -2.16. The van der Waals surface area contributed by atoms with Gasteiger partial charge in [-0.2, -0.15) is 4.98 Å². The molecule has 3 aromatic rings. The highest BCUT2D eigenvalue weighted by Gasteiger charge is 2.30. The number of aryl methyl sites for hydroxylation is 1. The quantitative estimate of drug-likeness (QED) is 0.726. The van der Waals surface area contributed by atoms with Crippen molar-refractivity contribution in [3.63, 3.8) is 0 Å². The summed E-state index contributed by atoms with van der Waals surface area (Å²) < 4.78 is 5.94. The van der Waals surface area contributed by atoms with E-state index >= 15 is 0 Å². The molecule has 0 spiro atoms. The van der Waals surface area contributed by atoms with Crippen molar-refractivity contribution in [3.8, 4) is 10.6 Å². The van der Waals surface area contributed by atoms with Gasteiger partial charge in [-0.25, -0.2) is 4.79 Å². The number of nitrogens with zero attached hydrogens (tertiary/aromatic N) is 4. The van der Waals surface area contributed by atoms with E-state index in [0.29, 0.717) is 30.5 Å². The summed E-state index contributed by atoms with van der Waals surface area (Å²) in [6.45, 7) is 3.00. The number of amides is 2. The van der Waals surface area contributed by atoms with Crippen LogP contribution < -0.4 is 5.32 Å². The van der Waals surface area contributed by atoms with Crippen LogP contribution in [0.2, 0.25) is 4.34 Å². The predicted octanol–water partition coefficient (Wildman–Crippen LogP) is 4.18. The third kappa shape index (κ3) is 3.56. The fourth-order valence-corrected chi connectivity index (χ4v) is 3.91. The third-order valence-corrected chi connectivity index (χ3v) is 5.46. The Balaban J connectivity index is 1.37. The summed E-state index contributed by atoms with van der Waals surface area (Å²) in [5, 5.41) is 6.69. The van der Waals surface area contributed by atoms with Crippen LogP contribution in [0.25, 0.3) is 10.6 Å². The lowest BCUT2D eigenvalue weighted by Crippen LogP contribution is -2.32. The van der Waals surface area contributed by atoms with E-state index in [1.807, 2.05) is 24.3 Å². The minimum atomic E-state index is -0.155. The minimum Gasteiger partial charge on any atom is -0.339 e. The van der Waals surface area contributed by atoms with Crippen LogP contribution in [0.1, 0.15) is 24.1 Å². The van der Waals surface area contributed by atoms with Crippen molar-refractivity contribution in [2.24, 2.45) is 0 Å². The van der Waals surface area contributed by atoms with Gasteiger partial charge in [0.05, 0.1) is 32.7 Å². The summed E-state index contributed by atoms with van der Waals surface area (Å²) in [4.78, 5) is 23.8. The van der Waals surface area contributed by atoms with Crippen molar-refractivity contribution >= 4 is 34.7 Å². The summed E-state index contributed by atoms with van der Waals surface area (Å²) in [7, 11) is 0. The SMILES string of the molecule is Cc1noc(C2CCN(C(=O)Nc3ccc(-c4ccc(Cl)s4)nc3)C2)n1. The van der Waals surface area contributed by atoms with E-state index in [1.54, 1.807) is 18.0 Å². The molecule has 1 N–H and O–H groups in total. The predicted molar refractivity (Wildman–Crippen MR) is 99.5 cm³/mol. The Hall–Kier alpha value is -2.45. The van der Waals surface area contributed by atoms with Gasteiger partial charge in [0.15, 0.2) is 5.82 Å². The van der Waals surface area contributed by atoms with Gasteiger partial charge in [0.2, 0.25) is 5.89 Å². The number of halogens is 1. The van der Waals surface area contributed by atoms with Gasteiger partial charge in [-0.15, -0.1) is 11.3 Å². The molecule has 1 aliphatic heterocycles. The van der Waals surface area contributed by atoms with E-state index in [2.05, 4.69) is 20.4 Å². The number of hydrogen-bond donors (Lipinski definition) is 1. The first-order chi connectivity index (χ1) is 12.6. The molecule has 3 aromatic heterocycles. The highest BCUT2D eigenvalue weighted by atomic mass is 35.5. The number of thiophene rings is 1. The standard InChI is InChI=1S/C17H16ClN5O2S/c1-10-20-16(25-22-10)11-6-7-23(9-11)17(24)21-12-2-3-13(19-8-12)14-4-5-15(18)26-14/h2-5,8,11H,6-7,9H2,1H3,(H,21,24). The summed E-state index contributed by atoms with van der Waals surface area (Å²) in [6, 6.07) is 7.32. The zero-order chi connectivity index (χ0) is 18.1. The minimum absolute atomic E-state index is 0.0889. The van der Waals surface area contributed by atoms with Crippen LogP contribution in [0, 0.1) is 6.92 Å². The summed E-state index contributed by atoms with van der Waals surface area (Å²) in [5.41, 5.74) is 1.48. The smallest absolute Gasteiger partial charge is 0.321 e. The number of carbonyl (C=O) groups excluding carboxylic acids is 1. The molecule has 1 fully saturated rings. The Morgan fingerprint density at radius 2 is 2.27 bits per heavy atom. The van der Waals surface area contributed by atoms with Crippen molar-refractivity contribution in [1.29, 1.82) is 0 Å². The first-order valence-electron chi connectivity index (χ1n) is 8.16. The number of urea groups is 1. The van der Waals surface area contributed by atoms with Crippen molar-refractivity contribution < 1.29 is 9.32 Å². The number of aromatic nitrogens is 3. The lowest BCUT2D eigenvalue weighted by atomic mass is 10.1. The summed E-state index contributed by atoms with van der Waals surface area (Å²) in [5.74, 6) is 1.30. The molecule has 4 heterocycles. The first-order valence-corrected chi connectivity index (χ1v) is 9.36. The van der Waals surface area contributed by atoms with Crippen molar-refractivity contribution in [3.05, 3.63) is 46.5 Å². The number of hydrogen-bond acceptors (Lipinski definition) is 6. The van der Waals surface area contributed by atoms with Gasteiger partial charge in [0.25, 0.3) is 0 Å². The number of anilines is 1. The van der Waals surface area contributed by atoms with E-state index in [9.17, 15) is 4.79 Å². The number of likely N-dealkylation sites (tertiary alicyclic amines) is 1. The van der Waals surface area contributed by atoms with E-state index in [0.717, 1.165) is 21.3 Å².